The molecule has 0 saturated carbocycles. The molecule has 1 aliphatic carbocycles. The Hall–Kier alpha value is -3.22. The maximum atomic E-state index is 11.8. The number of hydrogen-bond donors (Lipinski definition) is 2. The molecule has 0 aromatic carbocycles. The van der Waals surface area contributed by atoms with Crippen LogP contribution in [0.1, 0.15) is 34.4 Å². The highest BCUT2D eigenvalue weighted by Crippen LogP contribution is 2.51. The minimum Gasteiger partial charge on any atom is -0.465 e. The number of amides is 1. The first-order valence-electron chi connectivity index (χ1n) is 8.97. The van der Waals surface area contributed by atoms with Gasteiger partial charge in [0.25, 0.3) is 0 Å². The number of fused-ring (bicyclic) bond motifs is 2. The van der Waals surface area contributed by atoms with Crippen LogP contribution in [0.2, 0.25) is 0 Å². The number of aryl methyl sites for hydroxylation is 1. The van der Waals surface area contributed by atoms with Gasteiger partial charge < -0.3 is 10.0 Å². The molecule has 0 radical (unpaired) electrons. The Morgan fingerprint density at radius 1 is 1.37 bits per heavy atom. The molecule has 1 amide bonds. The summed E-state index contributed by atoms with van der Waals surface area (Å²) in [6.07, 6.45) is 3.46. The van der Waals surface area contributed by atoms with E-state index in [1.807, 2.05) is 11.0 Å². The largest absolute Gasteiger partial charge is 0.465 e. The van der Waals surface area contributed by atoms with Crippen molar-refractivity contribution in [3.63, 3.8) is 0 Å². The van der Waals surface area contributed by atoms with Gasteiger partial charge >= 0.3 is 6.09 Å². The zero-order valence-corrected chi connectivity index (χ0v) is 17.5. The van der Waals surface area contributed by atoms with E-state index in [1.165, 1.54) is 17.5 Å². The van der Waals surface area contributed by atoms with Crippen LogP contribution >= 0.6 is 11.3 Å². The summed E-state index contributed by atoms with van der Waals surface area (Å²) in [7, 11) is -3.63. The molecule has 0 bridgehead atoms. The second-order valence-corrected chi connectivity index (χ2v) is 10.4. The summed E-state index contributed by atoms with van der Waals surface area (Å²) in [5, 5.41) is 30.5. The van der Waals surface area contributed by atoms with E-state index in [0.29, 0.717) is 23.7 Å². The van der Waals surface area contributed by atoms with Crippen LogP contribution in [-0.4, -0.2) is 48.9 Å². The molecule has 0 unspecified atom stereocenters. The third kappa shape index (κ3) is 3.14. The summed E-state index contributed by atoms with van der Waals surface area (Å²) in [5.41, 5.74) is 1.01. The second-order valence-electron chi connectivity index (χ2n) is 7.41. The summed E-state index contributed by atoms with van der Waals surface area (Å²) < 4.78 is 23.7. The number of anilines is 2. The molecule has 10 nitrogen and oxygen atoms in total. The molecule has 3 heterocycles. The highest BCUT2D eigenvalue weighted by atomic mass is 32.2. The Morgan fingerprint density at radius 3 is 2.70 bits per heavy atom. The smallest absolute Gasteiger partial charge is 0.409 e. The zero-order chi connectivity index (χ0) is 21.7. The number of nitrogens with one attached hydrogen (secondary N) is 1. The van der Waals surface area contributed by atoms with Crippen LogP contribution in [0.4, 0.5) is 15.6 Å². The Kier molecular flexibility index (Phi) is 4.64. The van der Waals surface area contributed by atoms with Crippen LogP contribution in [0, 0.1) is 22.7 Å². The summed E-state index contributed by atoms with van der Waals surface area (Å²) >= 11 is 1.29. The molecule has 1 aliphatic heterocycles. The van der Waals surface area contributed by atoms with Gasteiger partial charge in [-0.1, -0.05) is 0 Å². The Labute approximate surface area is 176 Å². The van der Waals surface area contributed by atoms with Crippen LogP contribution in [0.3, 0.4) is 0 Å². The molecular weight excluding hydrogens is 428 g/mol. The van der Waals surface area contributed by atoms with E-state index >= 15 is 0 Å². The lowest BCUT2D eigenvalue weighted by molar-refractivity contribution is 0.210. The molecule has 2 N–H and O–H groups in total. The van der Waals surface area contributed by atoms with Crippen molar-refractivity contribution in [1.82, 2.24) is 9.97 Å². The minimum absolute atomic E-state index is 0.173. The molecule has 0 atom stereocenters. The number of rotatable bonds is 3. The van der Waals surface area contributed by atoms with Gasteiger partial charge in [-0.05, 0) is 24.8 Å². The van der Waals surface area contributed by atoms with Crippen molar-refractivity contribution in [3.05, 3.63) is 27.8 Å². The predicted octanol–water partition coefficient (Wildman–Crippen LogP) is 1.87. The fourth-order valence-electron chi connectivity index (χ4n) is 4.23. The lowest BCUT2D eigenvalue weighted by Crippen LogP contribution is -2.61. The van der Waals surface area contributed by atoms with Gasteiger partial charge in [0, 0.05) is 29.6 Å². The van der Waals surface area contributed by atoms with Crippen molar-refractivity contribution in [1.29, 1.82) is 10.5 Å². The first kappa shape index (κ1) is 20.1. The molecule has 30 heavy (non-hydrogen) atoms. The van der Waals surface area contributed by atoms with Gasteiger partial charge in [-0.15, -0.1) is 11.3 Å². The third-order valence-corrected chi connectivity index (χ3v) is 7.41. The Morgan fingerprint density at radius 2 is 2.10 bits per heavy atom. The molecule has 4 rings (SSSR count). The summed E-state index contributed by atoms with van der Waals surface area (Å²) in [6.45, 7) is 0.902. The highest BCUT2D eigenvalue weighted by Gasteiger charge is 2.50. The molecule has 1 saturated heterocycles. The minimum atomic E-state index is -3.63. The fourth-order valence-corrected chi connectivity index (χ4v) is 6.02. The SMILES string of the molecule is CS(=O)(=O)c1ncc(C#N)c(N2CC3(CCCc4sc(NC(=O)O)c(C#N)c43)C2)n1. The molecule has 12 heteroatoms. The molecule has 1 fully saturated rings. The number of hydrogen-bond acceptors (Lipinski definition) is 9. The van der Waals surface area contributed by atoms with Crippen molar-refractivity contribution < 1.29 is 18.3 Å². The lowest BCUT2D eigenvalue weighted by atomic mass is 9.66. The number of thiophene rings is 1. The number of aromatic nitrogens is 2. The van der Waals surface area contributed by atoms with Gasteiger partial charge in [0.1, 0.15) is 22.7 Å². The van der Waals surface area contributed by atoms with Crippen LogP contribution in [0.5, 0.6) is 0 Å². The van der Waals surface area contributed by atoms with Crippen molar-refractivity contribution in [2.75, 3.05) is 29.6 Å². The topological polar surface area (TPSA) is 160 Å². The van der Waals surface area contributed by atoms with Crippen molar-refractivity contribution in [2.24, 2.45) is 0 Å². The van der Waals surface area contributed by atoms with Gasteiger partial charge in [0.05, 0.1) is 11.8 Å². The van der Waals surface area contributed by atoms with Gasteiger partial charge in [0.2, 0.25) is 15.0 Å². The summed E-state index contributed by atoms with van der Waals surface area (Å²) in [4.78, 5) is 21.8. The number of nitrogens with zero attached hydrogens (tertiary/aromatic N) is 5. The number of sulfone groups is 1. The normalized spacial score (nSPS) is 16.8. The highest BCUT2D eigenvalue weighted by molar-refractivity contribution is 7.90. The van der Waals surface area contributed by atoms with E-state index in [0.717, 1.165) is 36.0 Å². The standard InChI is InChI=1S/C18H16N6O4S2/c1-30(27,28)16-21-7-10(5-19)14(22-16)24-8-18(9-24)4-2-3-12-13(18)11(6-20)15(29-12)23-17(25)26/h7,23H,2-4,8-9H2,1H3,(H,25,26). The maximum Gasteiger partial charge on any atom is 0.409 e. The molecule has 2 aliphatic rings. The molecule has 2 aromatic heterocycles. The average Bonchev–Trinajstić information content (AvgIpc) is 3.01. The molecule has 2 aromatic rings. The van der Waals surface area contributed by atoms with E-state index < -0.39 is 15.9 Å². The Bertz CT molecular complexity index is 1250. The predicted molar refractivity (Wildman–Crippen MR) is 107 cm³/mol. The van der Waals surface area contributed by atoms with Crippen molar-refractivity contribution in [3.8, 4) is 12.1 Å². The lowest BCUT2D eigenvalue weighted by Gasteiger charge is -2.53. The van der Waals surface area contributed by atoms with Gasteiger partial charge in [-0.25, -0.2) is 18.2 Å². The number of carboxylic acid groups (broad SMARTS) is 1. The van der Waals surface area contributed by atoms with Gasteiger partial charge in [-0.2, -0.15) is 15.5 Å². The van der Waals surface area contributed by atoms with Crippen LogP contribution in [0.25, 0.3) is 0 Å². The van der Waals surface area contributed by atoms with Crippen molar-refractivity contribution in [2.45, 2.75) is 29.8 Å². The van der Waals surface area contributed by atoms with Crippen molar-refractivity contribution >= 4 is 38.1 Å². The van der Waals surface area contributed by atoms with E-state index in [4.69, 9.17) is 5.11 Å². The summed E-state index contributed by atoms with van der Waals surface area (Å²) in [6, 6.07) is 4.14. The van der Waals surface area contributed by atoms with E-state index in [1.54, 1.807) is 0 Å². The monoisotopic (exact) mass is 444 g/mol. The van der Waals surface area contributed by atoms with Crippen LogP contribution in [0.15, 0.2) is 11.4 Å². The maximum absolute atomic E-state index is 11.8. The van der Waals surface area contributed by atoms with Crippen LogP contribution < -0.4 is 10.2 Å². The zero-order valence-electron chi connectivity index (χ0n) is 15.8. The van der Waals surface area contributed by atoms with E-state index in [9.17, 15) is 23.7 Å². The summed E-state index contributed by atoms with van der Waals surface area (Å²) in [5.74, 6) is 0.253. The Balaban J connectivity index is 1.72. The van der Waals surface area contributed by atoms with Gasteiger partial charge in [-0.3, -0.25) is 5.32 Å². The number of carbonyl (C=O) groups is 1. The third-order valence-electron chi connectivity index (χ3n) is 5.39. The second kappa shape index (κ2) is 6.93. The number of nitriles is 2. The van der Waals surface area contributed by atoms with E-state index in [2.05, 4.69) is 21.4 Å². The average molecular weight is 444 g/mol. The molecular formula is C18H16N6O4S2. The quantitative estimate of drug-likeness (QED) is 0.673. The van der Waals surface area contributed by atoms with E-state index in [-0.39, 0.29) is 22.0 Å². The first-order valence-corrected chi connectivity index (χ1v) is 11.7. The van der Waals surface area contributed by atoms with Crippen LogP contribution in [-0.2, 0) is 21.7 Å². The molecule has 154 valence electrons. The van der Waals surface area contributed by atoms with Gasteiger partial charge in [0.15, 0.2) is 5.82 Å². The molecule has 1 spiro atoms. The fraction of sp³-hybridized carbons (Fsp3) is 0.389. The first-order chi connectivity index (χ1) is 14.2.